The summed E-state index contributed by atoms with van der Waals surface area (Å²) in [5, 5.41) is 3.56. The maximum Gasteiger partial charge on any atom is 0.165 e. The van der Waals surface area contributed by atoms with Crippen molar-refractivity contribution in [1.82, 2.24) is 0 Å². The highest BCUT2D eigenvalue weighted by Crippen LogP contribution is 2.50. The van der Waals surface area contributed by atoms with Crippen LogP contribution in [0.15, 0.2) is 47.4 Å². The molecule has 0 aromatic heterocycles. The number of hydrogen-bond acceptors (Lipinski definition) is 5. The number of anilines is 1. The first-order valence-electron chi connectivity index (χ1n) is 9.21. The van der Waals surface area contributed by atoms with E-state index in [9.17, 15) is 13.6 Å². The fourth-order valence-corrected chi connectivity index (χ4v) is 4.47. The second kappa shape index (κ2) is 7.19. The Morgan fingerprint density at radius 1 is 1.22 bits per heavy atom. The minimum absolute atomic E-state index is 0.0242. The molecule has 2 aliphatic heterocycles. The highest BCUT2D eigenvalue weighted by atomic mass is 32.2. The highest BCUT2D eigenvalue weighted by molar-refractivity contribution is 7.79. The summed E-state index contributed by atoms with van der Waals surface area (Å²) in [6.45, 7) is 4.46. The van der Waals surface area contributed by atoms with Gasteiger partial charge in [-0.1, -0.05) is 38.1 Å². The number of fused-ring (bicyclic) bond motifs is 3. The lowest BCUT2D eigenvalue weighted by Crippen LogP contribution is -2.29. The van der Waals surface area contributed by atoms with Crippen molar-refractivity contribution < 1.29 is 18.3 Å². The van der Waals surface area contributed by atoms with Gasteiger partial charge in [0, 0.05) is 40.2 Å². The summed E-state index contributed by atoms with van der Waals surface area (Å²) in [7, 11) is 0. The molecule has 1 fully saturated rings. The lowest BCUT2D eigenvalue weighted by molar-refractivity contribution is 0.0827. The number of hydrogen-bond donors (Lipinski definition) is 1. The van der Waals surface area contributed by atoms with E-state index in [0.29, 0.717) is 6.61 Å². The van der Waals surface area contributed by atoms with Crippen LogP contribution in [0.25, 0.3) is 0 Å². The quantitative estimate of drug-likeness (QED) is 0.636. The van der Waals surface area contributed by atoms with E-state index in [4.69, 9.17) is 4.74 Å². The maximum absolute atomic E-state index is 12.2. The third-order valence-electron chi connectivity index (χ3n) is 5.48. The van der Waals surface area contributed by atoms with Crippen LogP contribution in [0.1, 0.15) is 53.9 Å². The summed E-state index contributed by atoms with van der Waals surface area (Å²) in [5.41, 5.74) is 3.64. The molecule has 0 saturated carbocycles. The van der Waals surface area contributed by atoms with Gasteiger partial charge in [-0.15, -0.1) is 0 Å². The molecule has 27 heavy (non-hydrogen) atoms. The van der Waals surface area contributed by atoms with Gasteiger partial charge in [-0.25, -0.2) is 0 Å². The van der Waals surface area contributed by atoms with Crippen molar-refractivity contribution in [3.05, 3.63) is 59.2 Å². The molecule has 4 atom stereocenters. The Hall–Kier alpha value is -2.02. The number of benzene rings is 2. The molecule has 0 amide bonds. The normalized spacial score (nSPS) is 24.8. The minimum atomic E-state index is -2.26. The average molecular weight is 384 g/mol. The molecular weight excluding hydrogens is 362 g/mol. The highest BCUT2D eigenvalue weighted by Gasteiger charge is 2.41. The van der Waals surface area contributed by atoms with E-state index in [0.717, 1.165) is 28.8 Å². The molecule has 0 radical (unpaired) electrons. The predicted octanol–water partition coefficient (Wildman–Crippen LogP) is 4.01. The van der Waals surface area contributed by atoms with E-state index in [-0.39, 0.29) is 34.7 Å². The monoisotopic (exact) mass is 384 g/mol. The van der Waals surface area contributed by atoms with Gasteiger partial charge in [-0.2, -0.15) is 0 Å². The van der Waals surface area contributed by atoms with Crippen molar-refractivity contribution in [2.75, 3.05) is 11.9 Å². The van der Waals surface area contributed by atoms with Crippen molar-refractivity contribution in [1.29, 1.82) is 0 Å². The van der Waals surface area contributed by atoms with Crippen LogP contribution in [0, 0.1) is 11.8 Å². The molecule has 4 rings (SSSR count). The fraction of sp³-hybridized carbons (Fsp3) is 0.381. The van der Waals surface area contributed by atoms with E-state index in [1.807, 2.05) is 44.2 Å². The molecule has 4 unspecified atom stereocenters. The van der Waals surface area contributed by atoms with Crippen LogP contribution in [-0.4, -0.2) is 21.2 Å². The van der Waals surface area contributed by atoms with Crippen LogP contribution in [0.2, 0.25) is 0 Å². The van der Waals surface area contributed by atoms with Gasteiger partial charge in [0.1, 0.15) is 0 Å². The molecular formula is C21H22NO4S-. The second-order valence-electron chi connectivity index (χ2n) is 7.49. The second-order valence-corrected chi connectivity index (χ2v) is 8.43. The molecule has 142 valence electrons. The Morgan fingerprint density at radius 2 is 1.96 bits per heavy atom. The SMILES string of the molecule is CC(C)C(=O)c1ccc(C2Nc3ccc(S(=O)[O-])cc3C3OCCC23)cc1. The van der Waals surface area contributed by atoms with Gasteiger partial charge in [0.25, 0.3) is 0 Å². The number of Topliss-reactive ketones (excluding diaryl/α,β-unsaturated/α-hetero) is 1. The number of ketones is 1. The summed E-state index contributed by atoms with van der Waals surface area (Å²) in [5.74, 6) is 0.340. The Kier molecular flexibility index (Phi) is 4.88. The summed E-state index contributed by atoms with van der Waals surface area (Å²) < 4.78 is 28.6. The van der Waals surface area contributed by atoms with Gasteiger partial charge < -0.3 is 14.6 Å². The Morgan fingerprint density at radius 3 is 2.63 bits per heavy atom. The molecule has 2 aliphatic rings. The zero-order valence-electron chi connectivity index (χ0n) is 15.3. The number of rotatable bonds is 4. The minimum Gasteiger partial charge on any atom is -0.768 e. The molecule has 0 aliphatic carbocycles. The molecule has 1 saturated heterocycles. The van der Waals surface area contributed by atoms with Crippen LogP contribution in [0.3, 0.4) is 0 Å². The third-order valence-corrected chi connectivity index (χ3v) is 6.12. The molecule has 1 N–H and O–H groups in total. The van der Waals surface area contributed by atoms with Gasteiger partial charge >= 0.3 is 0 Å². The van der Waals surface area contributed by atoms with E-state index < -0.39 is 11.1 Å². The lowest BCUT2D eigenvalue weighted by atomic mass is 9.81. The summed E-state index contributed by atoms with van der Waals surface area (Å²) in [4.78, 5) is 12.5. The van der Waals surface area contributed by atoms with Gasteiger partial charge in [0.05, 0.1) is 12.1 Å². The van der Waals surface area contributed by atoms with E-state index in [2.05, 4.69) is 5.32 Å². The van der Waals surface area contributed by atoms with Gasteiger partial charge in [0.15, 0.2) is 5.78 Å². The molecule has 2 heterocycles. The number of ether oxygens (including phenoxy) is 1. The summed E-state index contributed by atoms with van der Waals surface area (Å²) in [6.07, 6.45) is 0.783. The first-order valence-corrected chi connectivity index (χ1v) is 10.3. The molecule has 6 heteroatoms. The van der Waals surface area contributed by atoms with E-state index in [1.165, 1.54) is 0 Å². The van der Waals surface area contributed by atoms with Crippen molar-refractivity contribution >= 4 is 22.6 Å². The van der Waals surface area contributed by atoms with Crippen LogP contribution in [0.5, 0.6) is 0 Å². The Bertz CT molecular complexity index is 894. The first-order chi connectivity index (χ1) is 13.0. The maximum atomic E-state index is 12.2. The average Bonchev–Trinajstić information content (AvgIpc) is 3.16. The van der Waals surface area contributed by atoms with Crippen molar-refractivity contribution in [3.63, 3.8) is 0 Å². The van der Waals surface area contributed by atoms with Crippen molar-refractivity contribution in [2.24, 2.45) is 11.8 Å². The first kappa shape index (κ1) is 18.3. The van der Waals surface area contributed by atoms with Crippen molar-refractivity contribution in [3.8, 4) is 0 Å². The van der Waals surface area contributed by atoms with Crippen molar-refractivity contribution in [2.45, 2.75) is 37.3 Å². The zero-order valence-corrected chi connectivity index (χ0v) is 16.1. The summed E-state index contributed by atoms with van der Waals surface area (Å²) >= 11 is -2.26. The summed E-state index contributed by atoms with van der Waals surface area (Å²) in [6, 6.07) is 13.0. The Labute approximate surface area is 161 Å². The van der Waals surface area contributed by atoms with E-state index >= 15 is 0 Å². The van der Waals surface area contributed by atoms with Crippen LogP contribution in [0.4, 0.5) is 5.69 Å². The number of carbonyl (C=O) groups is 1. The third kappa shape index (κ3) is 3.33. The topological polar surface area (TPSA) is 78.5 Å². The number of nitrogens with one attached hydrogen (secondary N) is 1. The fourth-order valence-electron chi connectivity index (χ4n) is 4.07. The van der Waals surface area contributed by atoms with Gasteiger partial charge in [-0.05, 0) is 41.3 Å². The standard InChI is InChI=1S/C21H23NO4S/c1-12(2)20(23)14-5-3-13(4-6-14)19-16-9-10-26-21(16)17-11-15(27(24)25)7-8-18(17)22-19/h3-8,11-12,16,19,21-22H,9-10H2,1-2H3,(H,24,25)/p-1. The van der Waals surface area contributed by atoms with Crippen LogP contribution in [-0.2, 0) is 15.8 Å². The lowest BCUT2D eigenvalue weighted by Gasteiger charge is -2.37. The zero-order chi connectivity index (χ0) is 19.1. The van der Waals surface area contributed by atoms with Crippen LogP contribution < -0.4 is 5.32 Å². The molecule has 5 nitrogen and oxygen atoms in total. The smallest absolute Gasteiger partial charge is 0.165 e. The predicted molar refractivity (Wildman–Crippen MR) is 102 cm³/mol. The Balaban J connectivity index is 1.67. The molecule has 0 bridgehead atoms. The molecule has 0 spiro atoms. The molecule has 2 aromatic rings. The van der Waals surface area contributed by atoms with Crippen LogP contribution >= 0.6 is 0 Å². The largest absolute Gasteiger partial charge is 0.768 e. The molecule has 2 aromatic carbocycles. The van der Waals surface area contributed by atoms with E-state index in [1.54, 1.807) is 12.1 Å². The number of carbonyl (C=O) groups excluding carboxylic acids is 1. The van der Waals surface area contributed by atoms with Gasteiger partial charge in [0.2, 0.25) is 0 Å². The van der Waals surface area contributed by atoms with Gasteiger partial charge in [-0.3, -0.25) is 9.00 Å².